The van der Waals surface area contributed by atoms with E-state index >= 15 is 0 Å². The molecule has 2 rings (SSSR count). The average molecular weight is 298 g/mol. The Morgan fingerprint density at radius 1 is 1.29 bits per heavy atom. The number of aryl methyl sites for hydroxylation is 1. The summed E-state index contributed by atoms with van der Waals surface area (Å²) in [5, 5.41) is 0. The lowest BCUT2D eigenvalue weighted by molar-refractivity contribution is 0.516. The maximum atomic E-state index is 5.93. The second-order valence-electron chi connectivity index (χ2n) is 4.87. The molecular formula is C13H20BrN3. The largest absolute Gasteiger partial charge is 0.383 e. The molecule has 1 heterocycles. The van der Waals surface area contributed by atoms with Crippen LogP contribution in [0.5, 0.6) is 0 Å². The Labute approximate surface area is 111 Å². The van der Waals surface area contributed by atoms with E-state index in [0.29, 0.717) is 11.7 Å². The van der Waals surface area contributed by atoms with Crippen LogP contribution in [-0.2, 0) is 6.42 Å². The van der Waals surface area contributed by atoms with Gasteiger partial charge in [-0.1, -0.05) is 20.3 Å². The number of hydrogen-bond acceptors (Lipinski definition) is 3. The van der Waals surface area contributed by atoms with Crippen molar-refractivity contribution in [2.45, 2.75) is 51.9 Å². The summed E-state index contributed by atoms with van der Waals surface area (Å²) < 4.78 is 0.869. The molecule has 94 valence electrons. The Kier molecular flexibility index (Phi) is 4.02. The summed E-state index contributed by atoms with van der Waals surface area (Å²) in [7, 11) is 0. The Morgan fingerprint density at radius 3 is 2.65 bits per heavy atom. The molecule has 4 heteroatoms. The quantitative estimate of drug-likeness (QED) is 0.926. The number of aromatic nitrogens is 2. The molecule has 0 saturated heterocycles. The Balaban J connectivity index is 2.25. The summed E-state index contributed by atoms with van der Waals surface area (Å²) in [6.45, 7) is 4.36. The first-order chi connectivity index (χ1) is 8.15. The third kappa shape index (κ3) is 2.62. The van der Waals surface area contributed by atoms with E-state index in [9.17, 15) is 0 Å². The lowest BCUT2D eigenvalue weighted by atomic mass is 10.0. The maximum absolute atomic E-state index is 5.93. The van der Waals surface area contributed by atoms with Crippen molar-refractivity contribution in [2.24, 2.45) is 5.92 Å². The lowest BCUT2D eigenvalue weighted by Crippen LogP contribution is -2.08. The first-order valence-electron chi connectivity index (χ1n) is 6.47. The summed E-state index contributed by atoms with van der Waals surface area (Å²) in [5.41, 5.74) is 6.97. The normalized spacial score (nSPS) is 24.2. The van der Waals surface area contributed by atoms with Crippen molar-refractivity contribution in [2.75, 3.05) is 5.73 Å². The van der Waals surface area contributed by atoms with Crippen LogP contribution in [-0.4, -0.2) is 9.97 Å². The molecular weight excluding hydrogens is 278 g/mol. The molecule has 0 bridgehead atoms. The Morgan fingerprint density at radius 2 is 2.06 bits per heavy atom. The van der Waals surface area contributed by atoms with Crippen LogP contribution in [0.3, 0.4) is 0 Å². The van der Waals surface area contributed by atoms with Gasteiger partial charge < -0.3 is 5.73 Å². The second-order valence-corrected chi connectivity index (χ2v) is 5.66. The molecule has 3 nitrogen and oxygen atoms in total. The maximum Gasteiger partial charge on any atom is 0.141 e. The van der Waals surface area contributed by atoms with Gasteiger partial charge in [0.15, 0.2) is 0 Å². The number of hydrogen-bond donors (Lipinski definition) is 1. The van der Waals surface area contributed by atoms with Crippen molar-refractivity contribution >= 4 is 21.7 Å². The lowest BCUT2D eigenvalue weighted by Gasteiger charge is -2.12. The van der Waals surface area contributed by atoms with Gasteiger partial charge in [-0.3, -0.25) is 0 Å². The van der Waals surface area contributed by atoms with Crippen LogP contribution in [0.4, 0.5) is 5.82 Å². The third-order valence-corrected chi connectivity index (χ3v) is 4.65. The van der Waals surface area contributed by atoms with Gasteiger partial charge in [-0.15, -0.1) is 0 Å². The first kappa shape index (κ1) is 12.8. The van der Waals surface area contributed by atoms with Gasteiger partial charge in [-0.25, -0.2) is 9.97 Å². The molecule has 1 fully saturated rings. The second kappa shape index (κ2) is 5.34. The summed E-state index contributed by atoms with van der Waals surface area (Å²) in [5.74, 6) is 2.91. The van der Waals surface area contributed by atoms with Gasteiger partial charge in [0.25, 0.3) is 0 Å². The molecule has 1 aliphatic carbocycles. The monoisotopic (exact) mass is 297 g/mol. The molecule has 2 N–H and O–H groups in total. The fraction of sp³-hybridized carbons (Fsp3) is 0.692. The number of rotatable bonds is 3. The molecule has 0 amide bonds. The standard InChI is InChI=1S/C13H20BrN3/c1-3-8-5-6-9(7-8)13-16-10(4-2)11(14)12(15)17-13/h8-9H,3-7H2,1-2H3,(H2,15,16,17). The highest BCUT2D eigenvalue weighted by atomic mass is 79.9. The number of nitrogens with two attached hydrogens (primary N) is 1. The van der Waals surface area contributed by atoms with Gasteiger partial charge >= 0.3 is 0 Å². The molecule has 1 aliphatic rings. The topological polar surface area (TPSA) is 51.8 Å². The van der Waals surface area contributed by atoms with E-state index in [0.717, 1.165) is 28.3 Å². The zero-order valence-electron chi connectivity index (χ0n) is 10.5. The van der Waals surface area contributed by atoms with Crippen LogP contribution in [0.2, 0.25) is 0 Å². The summed E-state index contributed by atoms with van der Waals surface area (Å²) >= 11 is 3.46. The van der Waals surface area contributed by atoms with E-state index in [4.69, 9.17) is 5.73 Å². The number of nitrogen functional groups attached to an aromatic ring is 1. The van der Waals surface area contributed by atoms with Crippen molar-refractivity contribution in [3.05, 3.63) is 16.0 Å². The zero-order chi connectivity index (χ0) is 12.4. The van der Waals surface area contributed by atoms with Gasteiger partial charge in [0.1, 0.15) is 11.6 Å². The molecule has 17 heavy (non-hydrogen) atoms. The fourth-order valence-electron chi connectivity index (χ4n) is 2.63. The van der Waals surface area contributed by atoms with Crippen molar-refractivity contribution in [1.29, 1.82) is 0 Å². The van der Waals surface area contributed by atoms with Crippen molar-refractivity contribution < 1.29 is 0 Å². The van der Waals surface area contributed by atoms with E-state index in [1.165, 1.54) is 25.7 Å². The summed E-state index contributed by atoms with van der Waals surface area (Å²) in [6, 6.07) is 0. The van der Waals surface area contributed by atoms with E-state index < -0.39 is 0 Å². The highest BCUT2D eigenvalue weighted by Crippen LogP contribution is 2.39. The minimum Gasteiger partial charge on any atom is -0.383 e. The molecule has 1 aromatic heterocycles. The van der Waals surface area contributed by atoms with E-state index in [-0.39, 0.29) is 0 Å². The van der Waals surface area contributed by atoms with Gasteiger partial charge in [-0.2, -0.15) is 0 Å². The fourth-order valence-corrected chi connectivity index (χ4v) is 3.09. The summed E-state index contributed by atoms with van der Waals surface area (Å²) in [4.78, 5) is 9.12. The van der Waals surface area contributed by atoms with Crippen LogP contribution in [0.25, 0.3) is 0 Å². The van der Waals surface area contributed by atoms with Gasteiger partial charge in [-0.05, 0) is 47.5 Å². The van der Waals surface area contributed by atoms with E-state index in [2.05, 4.69) is 39.7 Å². The molecule has 0 radical (unpaired) electrons. The molecule has 2 atom stereocenters. The number of anilines is 1. The predicted octanol–water partition coefficient (Wildman–Crippen LogP) is 3.68. The third-order valence-electron chi connectivity index (χ3n) is 3.78. The van der Waals surface area contributed by atoms with Crippen LogP contribution in [0.15, 0.2) is 4.47 Å². The highest BCUT2D eigenvalue weighted by molar-refractivity contribution is 9.10. The SMILES string of the molecule is CCc1nc(C2CCC(CC)C2)nc(N)c1Br. The summed E-state index contributed by atoms with van der Waals surface area (Å²) in [6.07, 6.45) is 5.90. The predicted molar refractivity (Wildman–Crippen MR) is 73.9 cm³/mol. The average Bonchev–Trinajstić information content (AvgIpc) is 2.81. The van der Waals surface area contributed by atoms with Crippen LogP contribution in [0, 0.1) is 5.92 Å². The first-order valence-corrected chi connectivity index (χ1v) is 7.26. The Bertz CT molecular complexity index is 406. The minimum atomic E-state index is 0.514. The van der Waals surface area contributed by atoms with Gasteiger partial charge in [0.05, 0.1) is 10.2 Å². The van der Waals surface area contributed by atoms with Crippen molar-refractivity contribution in [3.8, 4) is 0 Å². The van der Waals surface area contributed by atoms with Crippen LogP contribution >= 0.6 is 15.9 Å². The number of nitrogens with zero attached hydrogens (tertiary/aromatic N) is 2. The molecule has 0 aromatic carbocycles. The zero-order valence-corrected chi connectivity index (χ0v) is 12.1. The van der Waals surface area contributed by atoms with Crippen LogP contribution < -0.4 is 5.73 Å². The van der Waals surface area contributed by atoms with E-state index in [1.54, 1.807) is 0 Å². The van der Waals surface area contributed by atoms with Gasteiger partial charge in [0, 0.05) is 5.92 Å². The van der Waals surface area contributed by atoms with Crippen molar-refractivity contribution in [3.63, 3.8) is 0 Å². The minimum absolute atomic E-state index is 0.514. The van der Waals surface area contributed by atoms with E-state index in [1.807, 2.05) is 0 Å². The molecule has 1 saturated carbocycles. The van der Waals surface area contributed by atoms with Crippen LogP contribution in [0.1, 0.15) is 57.0 Å². The Hall–Kier alpha value is -0.640. The highest BCUT2D eigenvalue weighted by Gasteiger charge is 2.27. The molecule has 2 unspecified atom stereocenters. The molecule has 1 aromatic rings. The van der Waals surface area contributed by atoms with Crippen molar-refractivity contribution in [1.82, 2.24) is 9.97 Å². The van der Waals surface area contributed by atoms with Gasteiger partial charge in [0.2, 0.25) is 0 Å². The number of halogens is 1. The smallest absolute Gasteiger partial charge is 0.141 e. The molecule has 0 spiro atoms. The molecule has 0 aliphatic heterocycles.